The van der Waals surface area contributed by atoms with Crippen molar-refractivity contribution in [2.24, 2.45) is 7.05 Å². The first-order valence-corrected chi connectivity index (χ1v) is 10.6. The molecule has 1 aromatic heterocycles. The highest BCUT2D eigenvalue weighted by Crippen LogP contribution is 2.20. The normalized spacial score (nSPS) is 14.2. The van der Waals surface area contributed by atoms with E-state index in [9.17, 15) is 9.59 Å². The predicted molar refractivity (Wildman–Crippen MR) is 110 cm³/mol. The molecule has 0 bridgehead atoms. The molecule has 150 valence electrons. The van der Waals surface area contributed by atoms with Gasteiger partial charge in [0.15, 0.2) is 5.16 Å². The molecule has 1 aromatic carbocycles. The fourth-order valence-corrected chi connectivity index (χ4v) is 4.13. The summed E-state index contributed by atoms with van der Waals surface area (Å²) >= 11 is 1.34. The van der Waals surface area contributed by atoms with Crippen LogP contribution in [-0.2, 0) is 23.1 Å². The van der Waals surface area contributed by atoms with Gasteiger partial charge in [0.1, 0.15) is 5.82 Å². The van der Waals surface area contributed by atoms with Crippen LogP contribution in [0, 0.1) is 13.8 Å². The largest absolute Gasteiger partial charge is 0.353 e. The van der Waals surface area contributed by atoms with Crippen molar-refractivity contribution in [1.29, 1.82) is 0 Å². The molecule has 7 nitrogen and oxygen atoms in total. The Kier molecular flexibility index (Phi) is 6.72. The molecule has 0 aliphatic heterocycles. The highest BCUT2D eigenvalue weighted by atomic mass is 32.2. The Morgan fingerprint density at radius 1 is 1.18 bits per heavy atom. The van der Waals surface area contributed by atoms with Gasteiger partial charge in [-0.3, -0.25) is 9.59 Å². The van der Waals surface area contributed by atoms with Crippen LogP contribution in [0.1, 0.15) is 42.6 Å². The third kappa shape index (κ3) is 5.34. The predicted octanol–water partition coefficient (Wildman–Crippen LogP) is 2.76. The first kappa shape index (κ1) is 20.4. The first-order valence-electron chi connectivity index (χ1n) is 9.60. The van der Waals surface area contributed by atoms with Gasteiger partial charge in [0, 0.05) is 18.8 Å². The second-order valence-corrected chi connectivity index (χ2v) is 8.28. The SMILES string of the molecule is Cc1ccc(NC(=O)Cc2nnc(SCC(=O)NC3CCCC3)n2C)c(C)c1. The third-order valence-corrected chi connectivity index (χ3v) is 5.97. The highest BCUT2D eigenvalue weighted by molar-refractivity contribution is 7.99. The Bertz CT molecular complexity index is 858. The van der Waals surface area contributed by atoms with Crippen molar-refractivity contribution in [3.63, 3.8) is 0 Å². The zero-order chi connectivity index (χ0) is 20.1. The lowest BCUT2D eigenvalue weighted by Gasteiger charge is -2.11. The van der Waals surface area contributed by atoms with Crippen LogP contribution >= 0.6 is 11.8 Å². The topological polar surface area (TPSA) is 88.9 Å². The molecule has 8 heteroatoms. The number of rotatable bonds is 7. The molecule has 1 heterocycles. The van der Waals surface area contributed by atoms with Crippen LogP contribution in [0.2, 0.25) is 0 Å². The smallest absolute Gasteiger partial charge is 0.232 e. The lowest BCUT2D eigenvalue weighted by Crippen LogP contribution is -2.33. The van der Waals surface area contributed by atoms with Gasteiger partial charge in [0.05, 0.1) is 12.2 Å². The van der Waals surface area contributed by atoms with E-state index in [1.807, 2.05) is 39.1 Å². The summed E-state index contributed by atoms with van der Waals surface area (Å²) in [6, 6.07) is 6.22. The van der Waals surface area contributed by atoms with Crippen molar-refractivity contribution in [1.82, 2.24) is 20.1 Å². The maximum atomic E-state index is 12.4. The molecule has 2 amide bonds. The Hall–Kier alpha value is -2.35. The molecule has 0 atom stereocenters. The highest BCUT2D eigenvalue weighted by Gasteiger charge is 2.18. The van der Waals surface area contributed by atoms with Gasteiger partial charge in [-0.15, -0.1) is 10.2 Å². The quantitative estimate of drug-likeness (QED) is 0.697. The van der Waals surface area contributed by atoms with Gasteiger partial charge in [-0.25, -0.2) is 0 Å². The maximum absolute atomic E-state index is 12.4. The summed E-state index contributed by atoms with van der Waals surface area (Å²) in [7, 11) is 1.82. The molecule has 2 N–H and O–H groups in total. The maximum Gasteiger partial charge on any atom is 0.232 e. The average molecular weight is 402 g/mol. The van der Waals surface area contributed by atoms with E-state index < -0.39 is 0 Å². The molecule has 1 saturated carbocycles. The van der Waals surface area contributed by atoms with Crippen LogP contribution in [0.15, 0.2) is 23.4 Å². The number of carbonyl (C=O) groups excluding carboxylic acids is 2. The van der Waals surface area contributed by atoms with Crippen LogP contribution < -0.4 is 10.6 Å². The van der Waals surface area contributed by atoms with E-state index in [0.29, 0.717) is 22.8 Å². The van der Waals surface area contributed by atoms with E-state index in [-0.39, 0.29) is 18.2 Å². The summed E-state index contributed by atoms with van der Waals surface area (Å²) in [6.07, 6.45) is 4.65. The second kappa shape index (κ2) is 9.23. The summed E-state index contributed by atoms with van der Waals surface area (Å²) in [4.78, 5) is 24.5. The number of hydrogen-bond donors (Lipinski definition) is 2. The summed E-state index contributed by atoms with van der Waals surface area (Å²) in [5.41, 5.74) is 2.98. The van der Waals surface area contributed by atoms with Crippen LogP contribution in [0.3, 0.4) is 0 Å². The van der Waals surface area contributed by atoms with E-state index >= 15 is 0 Å². The average Bonchev–Trinajstić information content (AvgIpc) is 3.27. The summed E-state index contributed by atoms with van der Waals surface area (Å²) in [5.74, 6) is 0.755. The molecule has 3 rings (SSSR count). The van der Waals surface area contributed by atoms with Crippen molar-refractivity contribution in [3.05, 3.63) is 35.2 Å². The number of anilines is 1. The van der Waals surface area contributed by atoms with E-state index in [1.54, 1.807) is 4.57 Å². The first-order chi connectivity index (χ1) is 13.4. The number of aromatic nitrogens is 3. The monoisotopic (exact) mass is 401 g/mol. The summed E-state index contributed by atoms with van der Waals surface area (Å²) in [5, 5.41) is 14.9. The number of thioether (sulfide) groups is 1. The minimum Gasteiger partial charge on any atom is -0.353 e. The number of carbonyl (C=O) groups is 2. The van der Waals surface area contributed by atoms with Crippen molar-refractivity contribution in [2.75, 3.05) is 11.1 Å². The van der Waals surface area contributed by atoms with Gasteiger partial charge < -0.3 is 15.2 Å². The molecule has 1 aliphatic carbocycles. The number of nitrogens with zero attached hydrogens (tertiary/aromatic N) is 3. The van der Waals surface area contributed by atoms with E-state index in [0.717, 1.165) is 29.7 Å². The fourth-order valence-electron chi connectivity index (χ4n) is 3.39. The molecule has 1 aliphatic rings. The standard InChI is InChI=1S/C20H27N5O2S/c1-13-8-9-16(14(2)10-13)22-18(26)11-17-23-24-20(25(17)3)28-12-19(27)21-15-6-4-5-7-15/h8-10,15H,4-7,11-12H2,1-3H3,(H,21,27)(H,22,26). The summed E-state index contributed by atoms with van der Waals surface area (Å²) in [6.45, 7) is 3.99. The Morgan fingerprint density at radius 3 is 2.64 bits per heavy atom. The molecular weight excluding hydrogens is 374 g/mol. The van der Waals surface area contributed by atoms with Crippen LogP contribution in [0.5, 0.6) is 0 Å². The Labute approximate surface area is 169 Å². The minimum atomic E-state index is -0.141. The molecule has 28 heavy (non-hydrogen) atoms. The van der Waals surface area contributed by atoms with E-state index in [2.05, 4.69) is 20.8 Å². The number of amides is 2. The minimum absolute atomic E-state index is 0.0223. The molecular formula is C20H27N5O2S. The Balaban J connectivity index is 1.52. The van der Waals surface area contributed by atoms with Gasteiger partial charge >= 0.3 is 0 Å². The molecule has 0 spiro atoms. The van der Waals surface area contributed by atoms with Crippen molar-refractivity contribution < 1.29 is 9.59 Å². The number of benzene rings is 1. The second-order valence-electron chi connectivity index (χ2n) is 7.34. The molecule has 1 fully saturated rings. The van der Waals surface area contributed by atoms with Crippen molar-refractivity contribution >= 4 is 29.3 Å². The van der Waals surface area contributed by atoms with Gasteiger partial charge in [0.25, 0.3) is 0 Å². The van der Waals surface area contributed by atoms with Gasteiger partial charge in [-0.05, 0) is 38.3 Å². The van der Waals surface area contributed by atoms with Gasteiger partial charge in [-0.2, -0.15) is 0 Å². The Morgan fingerprint density at radius 2 is 1.93 bits per heavy atom. The molecule has 2 aromatic rings. The van der Waals surface area contributed by atoms with Gasteiger partial charge in [0.2, 0.25) is 11.8 Å². The van der Waals surface area contributed by atoms with Crippen molar-refractivity contribution in [2.45, 2.75) is 57.1 Å². The van der Waals surface area contributed by atoms with Crippen LogP contribution in [0.4, 0.5) is 5.69 Å². The number of nitrogens with one attached hydrogen (secondary N) is 2. The third-order valence-electron chi connectivity index (χ3n) is 4.95. The lowest BCUT2D eigenvalue weighted by molar-refractivity contribution is -0.119. The van der Waals surface area contributed by atoms with E-state index in [4.69, 9.17) is 0 Å². The fraction of sp³-hybridized carbons (Fsp3) is 0.500. The molecule has 0 radical (unpaired) electrons. The zero-order valence-corrected chi connectivity index (χ0v) is 17.4. The van der Waals surface area contributed by atoms with Crippen LogP contribution in [0.25, 0.3) is 0 Å². The number of aryl methyl sites for hydroxylation is 2. The summed E-state index contributed by atoms with van der Waals surface area (Å²) < 4.78 is 1.77. The molecule has 0 saturated heterocycles. The van der Waals surface area contributed by atoms with E-state index in [1.165, 1.54) is 24.6 Å². The van der Waals surface area contributed by atoms with Crippen molar-refractivity contribution in [3.8, 4) is 0 Å². The zero-order valence-electron chi connectivity index (χ0n) is 16.6. The number of hydrogen-bond acceptors (Lipinski definition) is 5. The molecule has 0 unspecified atom stereocenters. The van der Waals surface area contributed by atoms with Gasteiger partial charge in [-0.1, -0.05) is 42.3 Å². The van der Waals surface area contributed by atoms with Crippen LogP contribution in [-0.4, -0.2) is 38.4 Å². The lowest BCUT2D eigenvalue weighted by atomic mass is 10.1.